The Hall–Kier alpha value is -0.910. The van der Waals surface area contributed by atoms with Crippen molar-refractivity contribution in [3.63, 3.8) is 0 Å². The van der Waals surface area contributed by atoms with Crippen molar-refractivity contribution in [3.8, 4) is 6.07 Å². The summed E-state index contributed by atoms with van der Waals surface area (Å²) in [5.41, 5.74) is -0.0602. The van der Waals surface area contributed by atoms with E-state index in [1.54, 1.807) is 13.0 Å². The van der Waals surface area contributed by atoms with Gasteiger partial charge in [0.05, 0.1) is 6.07 Å². The Morgan fingerprint density at radius 2 is 2.18 bits per heavy atom. The first-order valence-corrected chi connectivity index (χ1v) is 3.51. The Bertz CT molecular complexity index is 179. The van der Waals surface area contributed by atoms with E-state index in [0.717, 1.165) is 6.08 Å². The largest absolute Gasteiger partial charge is 0.261 e. The molecule has 0 amide bonds. The van der Waals surface area contributed by atoms with Crippen molar-refractivity contribution in [1.82, 2.24) is 0 Å². The number of nitrogens with zero attached hydrogens (tertiary/aromatic N) is 1. The average molecular weight is 159 g/mol. The van der Waals surface area contributed by atoms with Crippen molar-refractivity contribution in [2.24, 2.45) is 5.92 Å². The highest BCUT2D eigenvalue weighted by atomic mass is 19.3. The van der Waals surface area contributed by atoms with E-state index < -0.39 is 6.43 Å². The van der Waals surface area contributed by atoms with Crippen LogP contribution in [-0.4, -0.2) is 6.43 Å². The predicted octanol–water partition coefficient (Wildman–Crippen LogP) is 2.75. The Morgan fingerprint density at radius 3 is 2.45 bits per heavy atom. The van der Waals surface area contributed by atoms with Gasteiger partial charge in [0, 0.05) is 11.6 Å². The number of rotatable bonds is 3. The van der Waals surface area contributed by atoms with Gasteiger partial charge >= 0.3 is 0 Å². The molecular weight excluding hydrogens is 148 g/mol. The van der Waals surface area contributed by atoms with Gasteiger partial charge in [0.25, 0.3) is 6.43 Å². The number of nitriles is 1. The van der Waals surface area contributed by atoms with Crippen LogP contribution < -0.4 is 0 Å². The van der Waals surface area contributed by atoms with E-state index in [9.17, 15) is 8.78 Å². The summed E-state index contributed by atoms with van der Waals surface area (Å²) in [6.07, 6.45) is -0.916. The van der Waals surface area contributed by atoms with Gasteiger partial charge in [0.15, 0.2) is 0 Å². The smallest absolute Gasteiger partial charge is 0.205 e. The highest BCUT2D eigenvalue weighted by molar-refractivity contribution is 5.17. The van der Waals surface area contributed by atoms with Gasteiger partial charge in [-0.25, -0.2) is 8.78 Å². The Labute approximate surface area is 65.3 Å². The third-order valence-electron chi connectivity index (χ3n) is 1.66. The molecule has 11 heavy (non-hydrogen) atoms. The van der Waals surface area contributed by atoms with Gasteiger partial charge in [0.1, 0.15) is 0 Å². The number of hydrogen-bond donors (Lipinski definition) is 0. The molecule has 0 heterocycles. The van der Waals surface area contributed by atoms with Crippen LogP contribution in [0.5, 0.6) is 0 Å². The van der Waals surface area contributed by atoms with E-state index in [1.807, 2.05) is 6.92 Å². The molecule has 1 atom stereocenters. The van der Waals surface area contributed by atoms with Gasteiger partial charge in [0.2, 0.25) is 0 Å². The molecule has 0 aliphatic carbocycles. The van der Waals surface area contributed by atoms with Crippen LogP contribution in [0.2, 0.25) is 0 Å². The zero-order chi connectivity index (χ0) is 8.85. The zero-order valence-corrected chi connectivity index (χ0v) is 6.64. The predicted molar refractivity (Wildman–Crippen MR) is 39.2 cm³/mol. The van der Waals surface area contributed by atoms with Gasteiger partial charge in [-0.2, -0.15) is 5.26 Å². The summed E-state index contributed by atoms with van der Waals surface area (Å²) >= 11 is 0. The number of alkyl halides is 2. The second-order valence-electron chi connectivity index (χ2n) is 2.38. The third-order valence-corrected chi connectivity index (χ3v) is 1.66. The molecule has 0 aromatic carbocycles. The molecule has 1 unspecified atom stereocenters. The van der Waals surface area contributed by atoms with Crippen LogP contribution in [-0.2, 0) is 0 Å². The summed E-state index contributed by atoms with van der Waals surface area (Å²) in [6.45, 7) is 3.51. The fraction of sp³-hybridized carbons (Fsp3) is 0.625. The first kappa shape index (κ1) is 10.1. The lowest BCUT2D eigenvalue weighted by Crippen LogP contribution is -2.06. The molecule has 3 heteroatoms. The third kappa shape index (κ3) is 3.13. The van der Waals surface area contributed by atoms with Crippen molar-refractivity contribution in [2.75, 3.05) is 0 Å². The molecule has 0 bridgehead atoms. The molecule has 0 spiro atoms. The lowest BCUT2D eigenvalue weighted by molar-refractivity contribution is 0.175. The van der Waals surface area contributed by atoms with Gasteiger partial charge in [-0.05, 0) is 12.3 Å². The van der Waals surface area contributed by atoms with Gasteiger partial charge in [-0.1, -0.05) is 13.8 Å². The normalized spacial score (nSPS) is 14.7. The van der Waals surface area contributed by atoms with Crippen molar-refractivity contribution in [1.29, 1.82) is 5.26 Å². The number of hydrogen-bond acceptors (Lipinski definition) is 1. The first-order chi connectivity index (χ1) is 5.13. The molecule has 0 aliphatic heterocycles. The summed E-state index contributed by atoms with van der Waals surface area (Å²) in [5.74, 6) is -0.199. The van der Waals surface area contributed by atoms with Gasteiger partial charge < -0.3 is 0 Å². The summed E-state index contributed by atoms with van der Waals surface area (Å²) in [4.78, 5) is 0. The lowest BCUT2D eigenvalue weighted by atomic mass is 9.99. The fourth-order valence-corrected chi connectivity index (χ4v) is 0.731. The van der Waals surface area contributed by atoms with Crippen molar-refractivity contribution in [2.45, 2.75) is 26.7 Å². The van der Waals surface area contributed by atoms with Crippen LogP contribution in [0.4, 0.5) is 8.78 Å². The molecule has 0 aromatic rings. The summed E-state index contributed by atoms with van der Waals surface area (Å²) in [7, 11) is 0. The standard InChI is InChI=1S/C8H11F2N/c1-3-6(2)7(4-5-11)8(9)10/h4,6,8H,3H2,1-2H3. The quantitative estimate of drug-likeness (QED) is 0.581. The van der Waals surface area contributed by atoms with E-state index in [1.165, 1.54) is 0 Å². The minimum atomic E-state index is -2.50. The molecule has 62 valence electrons. The minimum absolute atomic E-state index is 0.0602. The molecule has 0 saturated carbocycles. The maximum atomic E-state index is 12.1. The van der Waals surface area contributed by atoms with Crippen LogP contribution in [0.1, 0.15) is 20.3 Å². The molecule has 0 N–H and O–H groups in total. The Morgan fingerprint density at radius 1 is 1.64 bits per heavy atom. The lowest BCUT2D eigenvalue weighted by Gasteiger charge is -2.10. The van der Waals surface area contributed by atoms with Crippen molar-refractivity contribution >= 4 is 0 Å². The summed E-state index contributed by atoms with van der Waals surface area (Å²) in [6, 6.07) is 1.62. The Balaban J connectivity index is 4.37. The molecule has 0 saturated heterocycles. The van der Waals surface area contributed by atoms with Crippen LogP contribution >= 0.6 is 0 Å². The number of allylic oxidation sites excluding steroid dienone is 2. The first-order valence-electron chi connectivity index (χ1n) is 3.51. The van der Waals surface area contributed by atoms with E-state index in [4.69, 9.17) is 5.26 Å². The molecule has 1 nitrogen and oxygen atoms in total. The molecule has 0 radical (unpaired) electrons. The van der Waals surface area contributed by atoms with E-state index in [-0.39, 0.29) is 11.5 Å². The van der Waals surface area contributed by atoms with Crippen molar-refractivity contribution in [3.05, 3.63) is 11.6 Å². The van der Waals surface area contributed by atoms with Crippen LogP contribution in [0.15, 0.2) is 11.6 Å². The zero-order valence-electron chi connectivity index (χ0n) is 6.64. The average Bonchev–Trinajstić information content (AvgIpc) is 1.98. The highest BCUT2D eigenvalue weighted by Crippen LogP contribution is 2.20. The minimum Gasteiger partial charge on any atom is -0.205 e. The van der Waals surface area contributed by atoms with E-state index in [2.05, 4.69) is 0 Å². The maximum absolute atomic E-state index is 12.1. The molecule has 0 fully saturated rings. The SMILES string of the molecule is CCC(C)C(=CC#N)C(F)F. The number of halogens is 2. The summed E-state index contributed by atoms with van der Waals surface area (Å²) < 4.78 is 24.2. The highest BCUT2D eigenvalue weighted by Gasteiger charge is 2.16. The molecule has 0 aliphatic rings. The topological polar surface area (TPSA) is 23.8 Å². The second kappa shape index (κ2) is 4.84. The fourth-order valence-electron chi connectivity index (χ4n) is 0.731. The van der Waals surface area contributed by atoms with Crippen LogP contribution in [0.3, 0.4) is 0 Å². The molecular formula is C8H11F2N. The van der Waals surface area contributed by atoms with Crippen LogP contribution in [0, 0.1) is 17.2 Å². The van der Waals surface area contributed by atoms with E-state index in [0.29, 0.717) is 6.42 Å². The molecule has 0 rings (SSSR count). The second-order valence-corrected chi connectivity index (χ2v) is 2.38. The van der Waals surface area contributed by atoms with E-state index >= 15 is 0 Å². The van der Waals surface area contributed by atoms with Crippen molar-refractivity contribution < 1.29 is 8.78 Å². The van der Waals surface area contributed by atoms with Gasteiger partial charge in [-0.15, -0.1) is 0 Å². The maximum Gasteiger partial charge on any atom is 0.261 e. The summed E-state index contributed by atoms with van der Waals surface area (Å²) in [5, 5.41) is 8.17. The van der Waals surface area contributed by atoms with Crippen LogP contribution in [0.25, 0.3) is 0 Å². The van der Waals surface area contributed by atoms with Gasteiger partial charge in [-0.3, -0.25) is 0 Å². The molecule has 0 aromatic heterocycles. The monoisotopic (exact) mass is 159 g/mol. The Kier molecular flexibility index (Phi) is 4.44.